The third-order valence-electron chi connectivity index (χ3n) is 1.97. The molecule has 3 nitrogen and oxygen atoms in total. The second-order valence-electron chi connectivity index (χ2n) is 4.23. The van der Waals surface area contributed by atoms with E-state index in [2.05, 4.69) is 5.32 Å². The topological polar surface area (TPSA) is 38.3 Å². The number of nitrogens with one attached hydrogen (secondary N) is 1. The molecule has 0 fully saturated rings. The Kier molecular flexibility index (Phi) is 4.19. The minimum absolute atomic E-state index is 0.0622. The van der Waals surface area contributed by atoms with E-state index in [9.17, 15) is 4.79 Å². The lowest BCUT2D eigenvalue weighted by Gasteiger charge is -2.26. The third-order valence-corrected chi connectivity index (χ3v) is 2.22. The van der Waals surface area contributed by atoms with Gasteiger partial charge in [0.25, 0.3) is 0 Å². The van der Waals surface area contributed by atoms with Gasteiger partial charge in [-0.05, 0) is 38.1 Å². The lowest BCUT2D eigenvalue weighted by atomic mass is 10.1. The van der Waals surface area contributed by atoms with E-state index in [1.807, 2.05) is 13.8 Å². The highest BCUT2D eigenvalue weighted by Crippen LogP contribution is 2.20. The fraction of sp³-hybridized carbons (Fsp3) is 0.417. The molecule has 0 saturated heterocycles. The van der Waals surface area contributed by atoms with Crippen LogP contribution < -0.4 is 10.1 Å². The number of hydrogen-bond donors (Lipinski definition) is 1. The van der Waals surface area contributed by atoms with Crippen molar-refractivity contribution in [3.8, 4) is 5.75 Å². The van der Waals surface area contributed by atoms with Gasteiger partial charge in [-0.3, -0.25) is 4.79 Å². The van der Waals surface area contributed by atoms with Crippen LogP contribution in [0.1, 0.15) is 20.8 Å². The molecule has 4 heteroatoms. The molecule has 0 aromatic heterocycles. The van der Waals surface area contributed by atoms with Gasteiger partial charge >= 0.3 is 0 Å². The number of halogens is 1. The maximum atomic E-state index is 10.8. The number of rotatable bonds is 4. The first kappa shape index (κ1) is 12.8. The molecule has 1 rings (SSSR count). The maximum absolute atomic E-state index is 10.8. The largest absolute Gasteiger partial charge is 0.486 e. The second kappa shape index (κ2) is 5.21. The van der Waals surface area contributed by atoms with E-state index in [0.29, 0.717) is 11.6 Å². The van der Waals surface area contributed by atoms with Gasteiger partial charge in [-0.15, -0.1) is 0 Å². The minimum atomic E-state index is -0.445. The summed E-state index contributed by atoms with van der Waals surface area (Å²) >= 11 is 5.77. The van der Waals surface area contributed by atoms with Crippen LogP contribution in [0.15, 0.2) is 24.3 Å². The Bertz CT molecular complexity index is 360. The minimum Gasteiger partial charge on any atom is -0.486 e. The summed E-state index contributed by atoms with van der Waals surface area (Å²) in [6.07, 6.45) is 0. The molecule has 0 saturated carbocycles. The van der Waals surface area contributed by atoms with E-state index in [1.54, 1.807) is 24.3 Å². The fourth-order valence-corrected chi connectivity index (χ4v) is 1.32. The van der Waals surface area contributed by atoms with Gasteiger partial charge in [0, 0.05) is 11.9 Å². The van der Waals surface area contributed by atoms with E-state index in [1.165, 1.54) is 6.92 Å². The lowest BCUT2D eigenvalue weighted by molar-refractivity contribution is -0.119. The van der Waals surface area contributed by atoms with Gasteiger partial charge in [0.1, 0.15) is 11.4 Å². The van der Waals surface area contributed by atoms with Crippen molar-refractivity contribution in [2.45, 2.75) is 26.4 Å². The lowest BCUT2D eigenvalue weighted by Crippen LogP contribution is -2.41. The van der Waals surface area contributed by atoms with Crippen LogP contribution in [0.2, 0.25) is 5.02 Å². The first-order valence-electron chi connectivity index (χ1n) is 5.08. The van der Waals surface area contributed by atoms with Crippen LogP contribution in [-0.2, 0) is 4.79 Å². The van der Waals surface area contributed by atoms with Crippen molar-refractivity contribution in [2.24, 2.45) is 0 Å². The van der Waals surface area contributed by atoms with Crippen molar-refractivity contribution in [1.29, 1.82) is 0 Å². The molecule has 1 N–H and O–H groups in total. The van der Waals surface area contributed by atoms with Crippen LogP contribution in [-0.4, -0.2) is 18.1 Å². The monoisotopic (exact) mass is 241 g/mol. The molecule has 0 heterocycles. The Balaban J connectivity index is 2.57. The van der Waals surface area contributed by atoms with Crippen LogP contribution in [0, 0.1) is 0 Å². The standard InChI is InChI=1S/C12H16ClNO2/c1-9(15)14-8-12(2,3)16-11-6-4-10(13)5-7-11/h4-7H,8H2,1-3H3,(H,14,15). The predicted octanol–water partition coefficient (Wildman–Crippen LogP) is 2.63. The van der Waals surface area contributed by atoms with E-state index >= 15 is 0 Å². The molecule has 1 amide bonds. The van der Waals surface area contributed by atoms with Crippen molar-refractivity contribution < 1.29 is 9.53 Å². The summed E-state index contributed by atoms with van der Waals surface area (Å²) in [6.45, 7) is 5.78. The molecule has 0 aliphatic carbocycles. The summed E-state index contributed by atoms with van der Waals surface area (Å²) < 4.78 is 5.73. The smallest absolute Gasteiger partial charge is 0.217 e. The number of benzene rings is 1. The van der Waals surface area contributed by atoms with Gasteiger partial charge in [-0.25, -0.2) is 0 Å². The van der Waals surface area contributed by atoms with E-state index in [4.69, 9.17) is 16.3 Å². The zero-order chi connectivity index (χ0) is 12.2. The zero-order valence-corrected chi connectivity index (χ0v) is 10.5. The average Bonchev–Trinajstić information content (AvgIpc) is 2.19. The Labute approximate surface area is 101 Å². The van der Waals surface area contributed by atoms with Crippen LogP contribution in [0.3, 0.4) is 0 Å². The van der Waals surface area contributed by atoms with Crippen molar-refractivity contribution >= 4 is 17.5 Å². The predicted molar refractivity (Wildman–Crippen MR) is 64.8 cm³/mol. The highest BCUT2D eigenvalue weighted by molar-refractivity contribution is 6.30. The normalized spacial score (nSPS) is 11.0. The SMILES string of the molecule is CC(=O)NCC(C)(C)Oc1ccc(Cl)cc1. The number of amides is 1. The van der Waals surface area contributed by atoms with Gasteiger partial charge in [0.2, 0.25) is 5.91 Å². The number of carbonyl (C=O) groups is 1. The number of carbonyl (C=O) groups excluding carboxylic acids is 1. The molecule has 1 aromatic rings. The third kappa shape index (κ3) is 4.53. The molecule has 0 atom stereocenters. The van der Waals surface area contributed by atoms with E-state index in [0.717, 1.165) is 5.75 Å². The summed E-state index contributed by atoms with van der Waals surface area (Å²) in [6, 6.07) is 7.15. The van der Waals surface area contributed by atoms with Crippen LogP contribution in [0.4, 0.5) is 0 Å². The molecule has 0 unspecified atom stereocenters. The van der Waals surface area contributed by atoms with Gasteiger partial charge in [-0.1, -0.05) is 11.6 Å². The summed E-state index contributed by atoms with van der Waals surface area (Å²) in [5, 5.41) is 3.40. The molecule has 88 valence electrons. The van der Waals surface area contributed by atoms with Gasteiger partial charge in [0.05, 0.1) is 6.54 Å². The summed E-state index contributed by atoms with van der Waals surface area (Å²) in [5.74, 6) is 0.674. The molecule has 0 aliphatic heterocycles. The molecule has 0 bridgehead atoms. The average molecular weight is 242 g/mol. The van der Waals surface area contributed by atoms with Crippen molar-refractivity contribution in [1.82, 2.24) is 5.32 Å². The van der Waals surface area contributed by atoms with Crippen molar-refractivity contribution in [3.63, 3.8) is 0 Å². The molecule has 0 aliphatic rings. The Morgan fingerprint density at radius 3 is 2.44 bits per heavy atom. The van der Waals surface area contributed by atoms with Crippen LogP contribution >= 0.6 is 11.6 Å². The van der Waals surface area contributed by atoms with Crippen LogP contribution in [0.5, 0.6) is 5.75 Å². The summed E-state index contributed by atoms with van der Waals surface area (Å²) in [4.78, 5) is 10.8. The zero-order valence-electron chi connectivity index (χ0n) is 9.71. The van der Waals surface area contributed by atoms with Gasteiger partial charge in [0.15, 0.2) is 0 Å². The van der Waals surface area contributed by atoms with Gasteiger partial charge < -0.3 is 10.1 Å². The van der Waals surface area contributed by atoms with Crippen molar-refractivity contribution in [3.05, 3.63) is 29.3 Å². The van der Waals surface area contributed by atoms with Crippen molar-refractivity contribution in [2.75, 3.05) is 6.54 Å². The quantitative estimate of drug-likeness (QED) is 0.880. The summed E-state index contributed by atoms with van der Waals surface area (Å²) in [7, 11) is 0. The molecule has 16 heavy (non-hydrogen) atoms. The first-order valence-corrected chi connectivity index (χ1v) is 5.46. The van der Waals surface area contributed by atoms with Crippen LogP contribution in [0.25, 0.3) is 0 Å². The van der Waals surface area contributed by atoms with E-state index in [-0.39, 0.29) is 5.91 Å². The Morgan fingerprint density at radius 2 is 1.94 bits per heavy atom. The molecular formula is C12H16ClNO2. The maximum Gasteiger partial charge on any atom is 0.217 e. The Morgan fingerprint density at radius 1 is 1.38 bits per heavy atom. The molecule has 0 spiro atoms. The highest BCUT2D eigenvalue weighted by Gasteiger charge is 2.19. The number of ether oxygens (including phenoxy) is 1. The Hall–Kier alpha value is -1.22. The second-order valence-corrected chi connectivity index (χ2v) is 4.66. The fourth-order valence-electron chi connectivity index (χ4n) is 1.20. The highest BCUT2D eigenvalue weighted by atomic mass is 35.5. The molecule has 0 radical (unpaired) electrons. The number of hydrogen-bond acceptors (Lipinski definition) is 2. The molecular weight excluding hydrogens is 226 g/mol. The summed E-state index contributed by atoms with van der Waals surface area (Å²) in [5.41, 5.74) is -0.445. The first-order chi connectivity index (χ1) is 7.39. The molecule has 1 aromatic carbocycles. The van der Waals surface area contributed by atoms with E-state index < -0.39 is 5.60 Å². The van der Waals surface area contributed by atoms with Gasteiger partial charge in [-0.2, -0.15) is 0 Å².